The highest BCUT2D eigenvalue weighted by molar-refractivity contribution is 5.28. The Kier molecular flexibility index (Phi) is 3.41. The highest BCUT2D eigenvalue weighted by atomic mass is 15.1. The fourth-order valence-electron chi connectivity index (χ4n) is 1.05. The van der Waals surface area contributed by atoms with Crippen molar-refractivity contribution in [1.29, 1.82) is 0 Å². The van der Waals surface area contributed by atoms with Crippen molar-refractivity contribution in [3.8, 4) is 0 Å². The molecule has 78 valence electrons. The lowest BCUT2D eigenvalue weighted by Crippen LogP contribution is -2.47. The van der Waals surface area contributed by atoms with Crippen LogP contribution in [0.15, 0.2) is 18.5 Å². The average Bonchev–Trinajstić information content (AvgIpc) is 2.19. The van der Waals surface area contributed by atoms with Gasteiger partial charge >= 0.3 is 0 Å². The van der Waals surface area contributed by atoms with Gasteiger partial charge in [0, 0.05) is 18.9 Å². The largest absolute Gasteiger partial charge is 0.348 e. The molecular formula is C10H18N4. The van der Waals surface area contributed by atoms with Crippen molar-refractivity contribution < 1.29 is 0 Å². The molecule has 1 unspecified atom stereocenters. The van der Waals surface area contributed by atoms with Crippen molar-refractivity contribution in [2.24, 2.45) is 11.7 Å². The van der Waals surface area contributed by atoms with Crippen LogP contribution in [0, 0.1) is 5.92 Å². The summed E-state index contributed by atoms with van der Waals surface area (Å²) in [6, 6.07) is 1.79. The molecule has 0 amide bonds. The average molecular weight is 194 g/mol. The summed E-state index contributed by atoms with van der Waals surface area (Å²) >= 11 is 0. The molecule has 0 aliphatic heterocycles. The summed E-state index contributed by atoms with van der Waals surface area (Å²) < 4.78 is 0. The normalized spacial score (nSPS) is 15.2. The van der Waals surface area contributed by atoms with Gasteiger partial charge in [-0.1, -0.05) is 13.8 Å². The second-order valence-electron chi connectivity index (χ2n) is 3.97. The second-order valence-corrected chi connectivity index (χ2v) is 3.97. The maximum atomic E-state index is 5.74. The number of hydrogen-bond acceptors (Lipinski definition) is 4. The van der Waals surface area contributed by atoms with E-state index >= 15 is 0 Å². The lowest BCUT2D eigenvalue weighted by atomic mass is 9.89. The van der Waals surface area contributed by atoms with E-state index in [1.165, 1.54) is 0 Å². The van der Waals surface area contributed by atoms with Crippen LogP contribution < -0.4 is 11.1 Å². The molecule has 3 N–H and O–H groups in total. The molecule has 1 aromatic heterocycles. The predicted molar refractivity (Wildman–Crippen MR) is 58.0 cm³/mol. The van der Waals surface area contributed by atoms with Crippen molar-refractivity contribution in [2.45, 2.75) is 26.3 Å². The molecule has 1 heterocycles. The van der Waals surface area contributed by atoms with E-state index in [9.17, 15) is 0 Å². The molecule has 0 spiro atoms. The minimum Gasteiger partial charge on any atom is -0.348 e. The van der Waals surface area contributed by atoms with Crippen LogP contribution in [-0.4, -0.2) is 22.1 Å². The van der Waals surface area contributed by atoms with Crippen molar-refractivity contribution in [2.75, 3.05) is 11.9 Å². The third-order valence-corrected chi connectivity index (χ3v) is 2.66. The molecule has 0 aromatic carbocycles. The Morgan fingerprint density at radius 2 is 2.00 bits per heavy atom. The molecule has 4 heteroatoms. The lowest BCUT2D eigenvalue weighted by Gasteiger charge is -2.33. The monoisotopic (exact) mass is 194 g/mol. The SMILES string of the molecule is CC(C)C(C)(CN)Nc1ncccn1. The zero-order valence-corrected chi connectivity index (χ0v) is 8.99. The lowest BCUT2D eigenvalue weighted by molar-refractivity contribution is 0.380. The molecule has 0 aliphatic rings. The maximum Gasteiger partial charge on any atom is 0.223 e. The molecule has 0 aliphatic carbocycles. The first-order chi connectivity index (χ1) is 6.58. The van der Waals surface area contributed by atoms with E-state index in [-0.39, 0.29) is 5.54 Å². The number of nitrogens with one attached hydrogen (secondary N) is 1. The molecule has 0 fully saturated rings. The number of nitrogens with zero attached hydrogens (tertiary/aromatic N) is 2. The van der Waals surface area contributed by atoms with Gasteiger partial charge in [-0.3, -0.25) is 0 Å². The molecule has 0 saturated carbocycles. The van der Waals surface area contributed by atoms with E-state index in [0.717, 1.165) is 0 Å². The van der Waals surface area contributed by atoms with E-state index in [1.807, 2.05) is 0 Å². The molecule has 1 atom stereocenters. The quantitative estimate of drug-likeness (QED) is 0.757. The van der Waals surface area contributed by atoms with Gasteiger partial charge < -0.3 is 11.1 Å². The maximum absolute atomic E-state index is 5.74. The first kappa shape index (κ1) is 10.9. The summed E-state index contributed by atoms with van der Waals surface area (Å²) in [6.45, 7) is 6.89. The Morgan fingerprint density at radius 1 is 1.43 bits per heavy atom. The first-order valence-corrected chi connectivity index (χ1v) is 4.84. The zero-order chi connectivity index (χ0) is 10.6. The Labute approximate surface area is 85.0 Å². The van der Waals surface area contributed by atoms with Gasteiger partial charge in [-0.2, -0.15) is 0 Å². The third kappa shape index (κ3) is 2.42. The van der Waals surface area contributed by atoms with Crippen LogP contribution in [-0.2, 0) is 0 Å². The van der Waals surface area contributed by atoms with Crippen LogP contribution in [0.3, 0.4) is 0 Å². The molecule has 4 nitrogen and oxygen atoms in total. The van der Waals surface area contributed by atoms with Gasteiger partial charge in [-0.05, 0) is 18.9 Å². The van der Waals surface area contributed by atoms with Gasteiger partial charge in [0.05, 0.1) is 5.54 Å². The van der Waals surface area contributed by atoms with E-state index < -0.39 is 0 Å². The number of rotatable bonds is 4. The number of nitrogens with two attached hydrogens (primary N) is 1. The Bertz CT molecular complexity index is 273. The van der Waals surface area contributed by atoms with E-state index in [4.69, 9.17) is 5.73 Å². The minimum atomic E-state index is -0.151. The van der Waals surface area contributed by atoms with E-state index in [2.05, 4.69) is 36.1 Å². The third-order valence-electron chi connectivity index (χ3n) is 2.66. The topological polar surface area (TPSA) is 63.8 Å². The van der Waals surface area contributed by atoms with Crippen LogP contribution in [0.4, 0.5) is 5.95 Å². The van der Waals surface area contributed by atoms with Crippen LogP contribution >= 0.6 is 0 Å². The zero-order valence-electron chi connectivity index (χ0n) is 8.99. The molecule has 0 bridgehead atoms. The van der Waals surface area contributed by atoms with Crippen molar-refractivity contribution in [3.63, 3.8) is 0 Å². The number of aromatic nitrogens is 2. The highest BCUT2D eigenvalue weighted by Crippen LogP contribution is 2.19. The van der Waals surface area contributed by atoms with Gasteiger partial charge in [0.1, 0.15) is 0 Å². The van der Waals surface area contributed by atoms with Crippen molar-refractivity contribution in [3.05, 3.63) is 18.5 Å². The van der Waals surface area contributed by atoms with Gasteiger partial charge in [-0.15, -0.1) is 0 Å². The van der Waals surface area contributed by atoms with Gasteiger partial charge in [0.15, 0.2) is 0 Å². The van der Waals surface area contributed by atoms with Crippen molar-refractivity contribution >= 4 is 5.95 Å². The van der Waals surface area contributed by atoms with Crippen LogP contribution in [0.1, 0.15) is 20.8 Å². The molecule has 1 rings (SSSR count). The summed E-state index contributed by atoms with van der Waals surface area (Å²) in [5, 5.41) is 3.26. The summed E-state index contributed by atoms with van der Waals surface area (Å²) in [7, 11) is 0. The standard InChI is InChI=1S/C10H18N4/c1-8(2)10(3,7-11)14-9-12-5-4-6-13-9/h4-6,8H,7,11H2,1-3H3,(H,12,13,14). The van der Waals surface area contributed by atoms with Crippen molar-refractivity contribution in [1.82, 2.24) is 9.97 Å². The van der Waals surface area contributed by atoms with Crippen LogP contribution in [0.2, 0.25) is 0 Å². The fourth-order valence-corrected chi connectivity index (χ4v) is 1.05. The first-order valence-electron chi connectivity index (χ1n) is 4.84. The molecule has 1 aromatic rings. The van der Waals surface area contributed by atoms with Gasteiger partial charge in [-0.25, -0.2) is 9.97 Å². The summed E-state index contributed by atoms with van der Waals surface area (Å²) in [5.74, 6) is 1.06. The van der Waals surface area contributed by atoms with E-state index in [1.54, 1.807) is 18.5 Å². The second kappa shape index (κ2) is 4.37. The minimum absolute atomic E-state index is 0.151. The fraction of sp³-hybridized carbons (Fsp3) is 0.600. The Hall–Kier alpha value is -1.16. The molecule has 0 radical (unpaired) electrons. The number of hydrogen-bond donors (Lipinski definition) is 2. The smallest absolute Gasteiger partial charge is 0.223 e. The van der Waals surface area contributed by atoms with Gasteiger partial charge in [0.2, 0.25) is 5.95 Å². The molecule has 0 saturated heterocycles. The highest BCUT2D eigenvalue weighted by Gasteiger charge is 2.26. The molecule has 14 heavy (non-hydrogen) atoms. The summed E-state index contributed by atoms with van der Waals surface area (Å²) in [6.07, 6.45) is 3.43. The Balaban J connectivity index is 2.76. The van der Waals surface area contributed by atoms with Crippen LogP contribution in [0.5, 0.6) is 0 Å². The number of anilines is 1. The summed E-state index contributed by atoms with van der Waals surface area (Å²) in [5.41, 5.74) is 5.59. The van der Waals surface area contributed by atoms with Crippen LogP contribution in [0.25, 0.3) is 0 Å². The van der Waals surface area contributed by atoms with Gasteiger partial charge in [0.25, 0.3) is 0 Å². The molecular weight excluding hydrogens is 176 g/mol. The summed E-state index contributed by atoms with van der Waals surface area (Å²) in [4.78, 5) is 8.23. The predicted octanol–water partition coefficient (Wildman–Crippen LogP) is 1.26. The van der Waals surface area contributed by atoms with E-state index in [0.29, 0.717) is 18.4 Å². The Morgan fingerprint density at radius 3 is 2.43 bits per heavy atom.